The fraction of sp³-hybridized carbons (Fsp3) is 0.474. The first-order valence-electron chi connectivity index (χ1n) is 9.10. The minimum absolute atomic E-state index is 0.0109. The van der Waals surface area contributed by atoms with Gasteiger partial charge in [0.25, 0.3) is 0 Å². The van der Waals surface area contributed by atoms with Crippen molar-refractivity contribution in [3.63, 3.8) is 0 Å². The van der Waals surface area contributed by atoms with Gasteiger partial charge in [-0.15, -0.1) is 10.2 Å². The Hall–Kier alpha value is -1.93. The Morgan fingerprint density at radius 2 is 1.93 bits per heavy atom. The second kappa shape index (κ2) is 8.84. The van der Waals surface area contributed by atoms with Crippen LogP contribution in [0.3, 0.4) is 0 Å². The first kappa shape index (κ1) is 19.8. The Kier molecular flexibility index (Phi) is 6.49. The van der Waals surface area contributed by atoms with E-state index in [9.17, 15) is 9.59 Å². The van der Waals surface area contributed by atoms with E-state index >= 15 is 0 Å². The maximum Gasteiger partial charge on any atom is 0.233 e. The fourth-order valence-electron chi connectivity index (χ4n) is 2.72. The quantitative estimate of drug-likeness (QED) is 0.495. The minimum Gasteiger partial charge on any atom is -0.338 e. The van der Waals surface area contributed by atoms with Gasteiger partial charge >= 0.3 is 0 Å². The highest BCUT2D eigenvalue weighted by Gasteiger charge is 2.35. The number of hydrogen-bond donors (Lipinski definition) is 0. The normalized spacial score (nSPS) is 14.6. The molecule has 3 rings (SSSR count). The second-order valence-electron chi connectivity index (χ2n) is 6.58. The predicted molar refractivity (Wildman–Crippen MR) is 109 cm³/mol. The third kappa shape index (κ3) is 4.87. The highest BCUT2D eigenvalue weighted by Crippen LogP contribution is 2.36. The highest BCUT2D eigenvalue weighted by atomic mass is 32.2. The van der Waals surface area contributed by atoms with Crippen molar-refractivity contribution in [2.24, 2.45) is 0 Å². The van der Waals surface area contributed by atoms with E-state index < -0.39 is 0 Å². The van der Waals surface area contributed by atoms with Crippen LogP contribution in [-0.2, 0) is 9.59 Å². The third-order valence-electron chi connectivity index (χ3n) is 4.66. The molecule has 8 heteroatoms. The Morgan fingerprint density at radius 3 is 2.56 bits per heavy atom. The van der Waals surface area contributed by atoms with Gasteiger partial charge in [-0.1, -0.05) is 60.4 Å². The Bertz CT molecular complexity index is 792. The van der Waals surface area contributed by atoms with Crippen LogP contribution in [0.1, 0.15) is 44.7 Å². The van der Waals surface area contributed by atoms with Crippen molar-refractivity contribution in [1.82, 2.24) is 15.1 Å². The number of nitrogens with zero attached hydrogens (tertiary/aromatic N) is 4. The molecule has 0 N–H and O–H groups in total. The van der Waals surface area contributed by atoms with Gasteiger partial charge in [-0.2, -0.15) is 0 Å². The van der Waals surface area contributed by atoms with Crippen molar-refractivity contribution in [2.45, 2.75) is 49.5 Å². The number of aromatic nitrogens is 2. The molecule has 1 aliphatic rings. The maximum absolute atomic E-state index is 12.5. The molecule has 27 heavy (non-hydrogen) atoms. The molecule has 0 spiro atoms. The van der Waals surface area contributed by atoms with Crippen LogP contribution in [0.5, 0.6) is 0 Å². The summed E-state index contributed by atoms with van der Waals surface area (Å²) in [6, 6.07) is 10.2. The molecule has 0 aliphatic heterocycles. The van der Waals surface area contributed by atoms with E-state index in [0.29, 0.717) is 21.6 Å². The van der Waals surface area contributed by atoms with Gasteiger partial charge in [0.05, 0.1) is 11.8 Å². The van der Waals surface area contributed by atoms with Gasteiger partial charge < -0.3 is 4.90 Å². The number of thioether (sulfide) groups is 1. The van der Waals surface area contributed by atoms with E-state index in [1.165, 1.54) is 23.1 Å². The lowest BCUT2D eigenvalue weighted by Gasteiger charge is -2.25. The molecule has 2 aromatic rings. The summed E-state index contributed by atoms with van der Waals surface area (Å²) in [5.74, 6) is 0.419. The van der Waals surface area contributed by atoms with Crippen LogP contribution in [-0.4, -0.2) is 45.8 Å². The van der Waals surface area contributed by atoms with Crippen LogP contribution in [0.4, 0.5) is 5.13 Å². The minimum atomic E-state index is 0.0109. The van der Waals surface area contributed by atoms with Crippen molar-refractivity contribution in [3.8, 4) is 0 Å². The monoisotopic (exact) mass is 404 g/mol. The first-order valence-corrected chi connectivity index (χ1v) is 10.9. The average molecular weight is 405 g/mol. The third-order valence-corrected chi connectivity index (χ3v) is 6.70. The zero-order valence-electron chi connectivity index (χ0n) is 15.8. The molecule has 144 valence electrons. The maximum atomic E-state index is 12.5. The fourth-order valence-corrected chi connectivity index (χ4v) is 4.58. The van der Waals surface area contributed by atoms with Gasteiger partial charge in [-0.3, -0.25) is 14.5 Å². The summed E-state index contributed by atoms with van der Waals surface area (Å²) in [5, 5.41) is 8.99. The molecule has 1 atom stereocenters. The summed E-state index contributed by atoms with van der Waals surface area (Å²) >= 11 is 2.76. The van der Waals surface area contributed by atoms with Crippen LogP contribution in [0.25, 0.3) is 0 Å². The molecule has 6 nitrogen and oxygen atoms in total. The van der Waals surface area contributed by atoms with E-state index in [0.717, 1.165) is 18.4 Å². The number of carbonyl (C=O) groups is 2. The molecular weight excluding hydrogens is 380 g/mol. The topological polar surface area (TPSA) is 66.4 Å². The van der Waals surface area contributed by atoms with Crippen molar-refractivity contribution in [3.05, 3.63) is 35.9 Å². The summed E-state index contributed by atoms with van der Waals surface area (Å²) in [4.78, 5) is 28.2. The zero-order valence-corrected chi connectivity index (χ0v) is 17.4. The Labute approximate surface area is 168 Å². The molecule has 1 aliphatic carbocycles. The average Bonchev–Trinajstić information content (AvgIpc) is 3.42. The van der Waals surface area contributed by atoms with E-state index in [-0.39, 0.29) is 23.9 Å². The van der Waals surface area contributed by atoms with E-state index in [1.807, 2.05) is 51.2 Å². The summed E-state index contributed by atoms with van der Waals surface area (Å²) in [6.07, 6.45) is 2.50. The SMILES string of the molecule is CCC(=O)N(c1nnc(SCC(=O)N(C)[C@@H](C)c2ccccc2)s1)C1CC1. The molecule has 2 amide bonds. The van der Waals surface area contributed by atoms with Crippen molar-refractivity contribution >= 4 is 40.0 Å². The Morgan fingerprint density at radius 1 is 1.22 bits per heavy atom. The van der Waals surface area contributed by atoms with Gasteiger partial charge in [-0.05, 0) is 25.3 Å². The van der Waals surface area contributed by atoms with E-state index in [2.05, 4.69) is 10.2 Å². The first-order chi connectivity index (χ1) is 13.0. The number of carbonyl (C=O) groups excluding carboxylic acids is 2. The standard InChI is InChI=1S/C19H24N4O2S2/c1-4-16(24)23(15-10-11-15)18-20-21-19(27-18)26-12-17(25)22(3)13(2)14-8-6-5-7-9-14/h5-9,13,15H,4,10-12H2,1-3H3/t13-/m0/s1. The molecule has 1 heterocycles. The summed E-state index contributed by atoms with van der Waals surface area (Å²) < 4.78 is 0.716. The number of amides is 2. The molecular formula is C19H24N4O2S2. The summed E-state index contributed by atoms with van der Waals surface area (Å²) in [7, 11) is 1.82. The molecule has 0 bridgehead atoms. The van der Waals surface area contributed by atoms with E-state index in [1.54, 1.807) is 9.80 Å². The molecule has 1 saturated carbocycles. The van der Waals surface area contributed by atoms with E-state index in [4.69, 9.17) is 0 Å². The zero-order chi connectivity index (χ0) is 19.4. The van der Waals surface area contributed by atoms with Gasteiger partial charge in [0.15, 0.2) is 4.34 Å². The number of rotatable bonds is 8. The largest absolute Gasteiger partial charge is 0.338 e. The second-order valence-corrected chi connectivity index (χ2v) is 8.76. The van der Waals surface area contributed by atoms with Gasteiger partial charge in [0.1, 0.15) is 0 Å². The van der Waals surface area contributed by atoms with Crippen molar-refractivity contribution in [1.29, 1.82) is 0 Å². The van der Waals surface area contributed by atoms with Gasteiger partial charge in [0, 0.05) is 19.5 Å². The van der Waals surface area contributed by atoms with Crippen LogP contribution < -0.4 is 4.90 Å². The molecule has 1 fully saturated rings. The van der Waals surface area contributed by atoms with Crippen LogP contribution >= 0.6 is 23.1 Å². The number of hydrogen-bond acceptors (Lipinski definition) is 6. The summed E-state index contributed by atoms with van der Waals surface area (Å²) in [6.45, 7) is 3.88. The lowest BCUT2D eigenvalue weighted by molar-refractivity contribution is -0.129. The van der Waals surface area contributed by atoms with Crippen LogP contribution in [0.15, 0.2) is 34.7 Å². The molecule has 0 unspecified atom stereocenters. The lowest BCUT2D eigenvalue weighted by atomic mass is 10.1. The highest BCUT2D eigenvalue weighted by molar-refractivity contribution is 8.01. The molecule has 1 aromatic carbocycles. The Balaban J connectivity index is 1.58. The van der Waals surface area contributed by atoms with Crippen molar-refractivity contribution in [2.75, 3.05) is 17.7 Å². The lowest BCUT2D eigenvalue weighted by Crippen LogP contribution is -2.32. The number of anilines is 1. The molecule has 0 radical (unpaired) electrons. The van der Waals surface area contributed by atoms with Gasteiger partial charge in [0.2, 0.25) is 16.9 Å². The van der Waals surface area contributed by atoms with Crippen LogP contribution in [0, 0.1) is 0 Å². The molecule has 0 saturated heterocycles. The van der Waals surface area contributed by atoms with Gasteiger partial charge in [-0.25, -0.2) is 0 Å². The van der Waals surface area contributed by atoms with Crippen LogP contribution in [0.2, 0.25) is 0 Å². The predicted octanol–water partition coefficient (Wildman–Crippen LogP) is 3.76. The summed E-state index contributed by atoms with van der Waals surface area (Å²) in [5.41, 5.74) is 1.11. The smallest absolute Gasteiger partial charge is 0.233 e. The number of benzene rings is 1. The molecule has 1 aromatic heterocycles. The van der Waals surface area contributed by atoms with Crippen molar-refractivity contribution < 1.29 is 9.59 Å².